The fraction of sp³-hybridized carbons (Fsp3) is 0.316. The lowest BCUT2D eigenvalue weighted by atomic mass is 10.1. The third-order valence-corrected chi connectivity index (χ3v) is 4.82. The lowest BCUT2D eigenvalue weighted by Gasteiger charge is -2.16. The normalized spacial score (nSPS) is 14.2. The molecule has 0 spiro atoms. The Labute approximate surface area is 150 Å². The zero-order valence-corrected chi connectivity index (χ0v) is 15.3. The molecule has 0 aliphatic carbocycles. The largest absolute Gasteiger partial charge is 0.496 e. The van der Waals surface area contributed by atoms with E-state index in [-0.39, 0.29) is 5.91 Å². The number of halogens is 1. The van der Waals surface area contributed by atoms with Gasteiger partial charge >= 0.3 is 0 Å². The van der Waals surface area contributed by atoms with Gasteiger partial charge in [-0.25, -0.2) is 0 Å². The molecule has 126 valence electrons. The summed E-state index contributed by atoms with van der Waals surface area (Å²) >= 11 is 3.50. The lowest BCUT2D eigenvalue weighted by Crippen LogP contribution is -2.23. The average molecular weight is 389 g/mol. The molecule has 3 rings (SSSR count). The minimum atomic E-state index is 0.228. The van der Waals surface area contributed by atoms with Crippen molar-refractivity contribution in [2.75, 3.05) is 18.6 Å². The van der Waals surface area contributed by atoms with Crippen LogP contribution in [0.5, 0.6) is 5.75 Å². The molecule has 1 heterocycles. The van der Waals surface area contributed by atoms with Crippen molar-refractivity contribution in [3.05, 3.63) is 58.1 Å². The first-order valence-corrected chi connectivity index (χ1v) is 8.89. The van der Waals surface area contributed by atoms with Gasteiger partial charge in [0.25, 0.3) is 0 Å². The van der Waals surface area contributed by atoms with Crippen LogP contribution in [0.1, 0.15) is 24.0 Å². The molecule has 0 saturated carbocycles. The molecule has 1 aliphatic rings. The topological polar surface area (TPSA) is 41.6 Å². The summed E-state index contributed by atoms with van der Waals surface area (Å²) in [6.07, 6.45) is 1.63. The highest BCUT2D eigenvalue weighted by atomic mass is 79.9. The van der Waals surface area contributed by atoms with Gasteiger partial charge in [0.05, 0.1) is 11.6 Å². The van der Waals surface area contributed by atoms with Crippen LogP contribution in [0.3, 0.4) is 0 Å². The van der Waals surface area contributed by atoms with Crippen LogP contribution in [0.25, 0.3) is 0 Å². The molecule has 0 atom stereocenters. The van der Waals surface area contributed by atoms with Crippen LogP contribution in [0.4, 0.5) is 5.69 Å². The number of hydrogen-bond donors (Lipinski definition) is 1. The first kappa shape index (κ1) is 17.0. The van der Waals surface area contributed by atoms with Gasteiger partial charge in [-0.05, 0) is 57.7 Å². The Morgan fingerprint density at radius 2 is 1.83 bits per heavy atom. The maximum Gasteiger partial charge on any atom is 0.227 e. The van der Waals surface area contributed by atoms with Crippen molar-refractivity contribution >= 4 is 27.5 Å². The van der Waals surface area contributed by atoms with Crippen molar-refractivity contribution in [2.45, 2.75) is 25.9 Å². The lowest BCUT2D eigenvalue weighted by molar-refractivity contribution is -0.117. The fourth-order valence-electron chi connectivity index (χ4n) is 2.89. The summed E-state index contributed by atoms with van der Waals surface area (Å²) in [6.45, 7) is 2.41. The van der Waals surface area contributed by atoms with Gasteiger partial charge in [-0.1, -0.05) is 18.2 Å². The molecule has 0 aromatic heterocycles. The number of anilines is 1. The predicted molar refractivity (Wildman–Crippen MR) is 99.3 cm³/mol. The number of carbonyl (C=O) groups excluding carboxylic acids is 1. The van der Waals surface area contributed by atoms with Crippen molar-refractivity contribution in [1.29, 1.82) is 0 Å². The second kappa shape index (κ2) is 7.81. The molecule has 1 saturated heterocycles. The van der Waals surface area contributed by atoms with Crippen LogP contribution < -0.4 is 15.0 Å². The number of ether oxygens (including phenoxy) is 1. The van der Waals surface area contributed by atoms with Gasteiger partial charge in [0.2, 0.25) is 5.91 Å². The molecule has 24 heavy (non-hydrogen) atoms. The molecule has 5 heteroatoms. The molecule has 1 fully saturated rings. The molecule has 0 radical (unpaired) electrons. The van der Waals surface area contributed by atoms with Crippen LogP contribution >= 0.6 is 15.9 Å². The minimum absolute atomic E-state index is 0.228. The Morgan fingerprint density at radius 1 is 1.12 bits per heavy atom. The summed E-state index contributed by atoms with van der Waals surface area (Å²) in [5, 5.41) is 3.44. The molecular formula is C19H21BrN2O2. The minimum Gasteiger partial charge on any atom is -0.496 e. The van der Waals surface area contributed by atoms with Gasteiger partial charge in [-0.3, -0.25) is 4.79 Å². The second-order valence-corrected chi connectivity index (χ2v) is 6.74. The number of benzene rings is 2. The maximum atomic E-state index is 11.8. The second-order valence-electron chi connectivity index (χ2n) is 5.89. The number of nitrogens with zero attached hydrogens (tertiary/aromatic N) is 1. The monoisotopic (exact) mass is 388 g/mol. The summed E-state index contributed by atoms with van der Waals surface area (Å²) in [5.41, 5.74) is 3.40. The molecule has 1 amide bonds. The Balaban J connectivity index is 1.53. The highest BCUT2D eigenvalue weighted by molar-refractivity contribution is 9.10. The number of rotatable bonds is 6. The van der Waals surface area contributed by atoms with Gasteiger partial charge in [-0.15, -0.1) is 0 Å². The van der Waals surface area contributed by atoms with Crippen LogP contribution in [0, 0.1) is 0 Å². The number of hydrogen-bond acceptors (Lipinski definition) is 3. The highest BCUT2D eigenvalue weighted by Gasteiger charge is 2.21. The molecule has 2 aromatic rings. The molecule has 2 aromatic carbocycles. The fourth-order valence-corrected chi connectivity index (χ4v) is 3.47. The van der Waals surface area contributed by atoms with E-state index in [1.54, 1.807) is 7.11 Å². The molecule has 1 N–H and O–H groups in total. The summed E-state index contributed by atoms with van der Waals surface area (Å²) in [6, 6.07) is 14.3. The molecule has 0 bridgehead atoms. The quantitative estimate of drug-likeness (QED) is 0.816. The van der Waals surface area contributed by atoms with E-state index in [2.05, 4.69) is 45.5 Å². The summed E-state index contributed by atoms with van der Waals surface area (Å²) < 4.78 is 6.20. The van der Waals surface area contributed by atoms with Crippen molar-refractivity contribution in [2.24, 2.45) is 0 Å². The highest BCUT2D eigenvalue weighted by Crippen LogP contribution is 2.25. The Hall–Kier alpha value is -1.85. The van der Waals surface area contributed by atoms with Crippen molar-refractivity contribution < 1.29 is 9.53 Å². The van der Waals surface area contributed by atoms with Crippen LogP contribution in [-0.2, 0) is 17.9 Å². The average Bonchev–Trinajstić information content (AvgIpc) is 3.02. The van der Waals surface area contributed by atoms with Gasteiger partial charge in [0.1, 0.15) is 5.75 Å². The zero-order valence-electron chi connectivity index (χ0n) is 13.7. The van der Waals surface area contributed by atoms with Crippen molar-refractivity contribution in [3.63, 3.8) is 0 Å². The Morgan fingerprint density at radius 3 is 2.46 bits per heavy atom. The Kier molecular flexibility index (Phi) is 5.53. The van der Waals surface area contributed by atoms with Crippen LogP contribution in [0.15, 0.2) is 46.9 Å². The molecule has 0 unspecified atom stereocenters. The molecular weight excluding hydrogens is 368 g/mol. The SMILES string of the molecule is COc1ccc(CNCc2ccc(N3CCCC3=O)cc2)cc1Br. The number of amides is 1. The zero-order chi connectivity index (χ0) is 16.9. The molecule has 1 aliphatic heterocycles. The van der Waals surface area contributed by atoms with E-state index in [0.717, 1.165) is 42.0 Å². The summed E-state index contributed by atoms with van der Waals surface area (Å²) in [7, 11) is 1.66. The summed E-state index contributed by atoms with van der Waals surface area (Å²) in [4.78, 5) is 13.6. The van der Waals surface area contributed by atoms with Gasteiger partial charge < -0.3 is 15.0 Å². The number of methoxy groups -OCH3 is 1. The maximum absolute atomic E-state index is 11.8. The standard InChI is InChI=1S/C19H21BrN2O2/c1-24-18-9-6-15(11-17(18)20)13-21-12-14-4-7-16(8-5-14)22-10-2-3-19(22)23/h4-9,11,21H,2-3,10,12-13H2,1H3. The van der Waals surface area contributed by atoms with E-state index >= 15 is 0 Å². The van der Waals surface area contributed by atoms with Crippen molar-refractivity contribution in [1.82, 2.24) is 5.32 Å². The van der Waals surface area contributed by atoms with E-state index in [0.29, 0.717) is 6.42 Å². The van der Waals surface area contributed by atoms with E-state index in [9.17, 15) is 4.79 Å². The third kappa shape index (κ3) is 3.97. The van der Waals surface area contributed by atoms with E-state index in [1.807, 2.05) is 23.1 Å². The predicted octanol–water partition coefficient (Wildman–Crippen LogP) is 3.87. The Bertz CT molecular complexity index is 716. The van der Waals surface area contributed by atoms with E-state index < -0.39 is 0 Å². The first-order chi connectivity index (χ1) is 11.7. The first-order valence-electron chi connectivity index (χ1n) is 8.10. The summed E-state index contributed by atoms with van der Waals surface area (Å²) in [5.74, 6) is 1.07. The van der Waals surface area contributed by atoms with E-state index in [4.69, 9.17) is 4.74 Å². The van der Waals surface area contributed by atoms with Crippen LogP contribution in [0.2, 0.25) is 0 Å². The van der Waals surface area contributed by atoms with Crippen LogP contribution in [-0.4, -0.2) is 19.6 Å². The third-order valence-electron chi connectivity index (χ3n) is 4.20. The van der Waals surface area contributed by atoms with Gasteiger partial charge in [0.15, 0.2) is 0 Å². The van der Waals surface area contributed by atoms with Gasteiger partial charge in [-0.2, -0.15) is 0 Å². The smallest absolute Gasteiger partial charge is 0.227 e. The van der Waals surface area contributed by atoms with Gasteiger partial charge in [0, 0.05) is 31.7 Å². The van der Waals surface area contributed by atoms with Crippen molar-refractivity contribution in [3.8, 4) is 5.75 Å². The number of carbonyl (C=O) groups is 1. The molecule has 4 nitrogen and oxygen atoms in total. The van der Waals surface area contributed by atoms with E-state index in [1.165, 1.54) is 11.1 Å². The number of nitrogens with one attached hydrogen (secondary N) is 1.